The van der Waals surface area contributed by atoms with Gasteiger partial charge >= 0.3 is 11.8 Å². The molecule has 2 rings (SSSR count). The van der Waals surface area contributed by atoms with E-state index in [2.05, 4.69) is 48.7 Å². The Morgan fingerprint density at radius 1 is 0.679 bits per heavy atom. The molecule has 0 fully saturated rings. The van der Waals surface area contributed by atoms with E-state index in [0.29, 0.717) is 11.8 Å². The maximum absolute atomic E-state index is 11.7. The second kappa shape index (κ2) is 10.2. The van der Waals surface area contributed by atoms with Crippen LogP contribution in [-0.2, 0) is 9.59 Å². The van der Waals surface area contributed by atoms with E-state index >= 15 is 0 Å². The van der Waals surface area contributed by atoms with Crippen molar-refractivity contribution < 1.29 is 9.59 Å². The van der Waals surface area contributed by atoms with Crippen LogP contribution in [0, 0.1) is 0 Å². The fraction of sp³-hybridized carbons (Fsp3) is 0.273. The van der Waals surface area contributed by atoms with Crippen molar-refractivity contribution in [1.29, 1.82) is 0 Å². The van der Waals surface area contributed by atoms with Gasteiger partial charge in [0.15, 0.2) is 0 Å². The largest absolute Gasteiger partial charge is 0.331 e. The molecule has 0 heterocycles. The van der Waals surface area contributed by atoms with Gasteiger partial charge in [0.05, 0.1) is 12.4 Å². The molecule has 0 saturated heterocycles. The fourth-order valence-corrected chi connectivity index (χ4v) is 2.37. The van der Waals surface area contributed by atoms with Crippen LogP contribution in [0.4, 0.5) is 0 Å². The maximum atomic E-state index is 11.7. The molecule has 0 aliphatic carbocycles. The highest BCUT2D eigenvalue weighted by Gasteiger charge is 2.11. The summed E-state index contributed by atoms with van der Waals surface area (Å²) in [6.07, 6.45) is 2.96. The van der Waals surface area contributed by atoms with E-state index in [0.717, 1.165) is 11.1 Å². The maximum Gasteiger partial charge on any atom is 0.331 e. The summed E-state index contributed by atoms with van der Waals surface area (Å²) in [6.45, 7) is 8.46. The van der Waals surface area contributed by atoms with E-state index < -0.39 is 11.8 Å². The second-order valence-corrected chi connectivity index (χ2v) is 7.04. The predicted molar refractivity (Wildman–Crippen MR) is 113 cm³/mol. The van der Waals surface area contributed by atoms with Gasteiger partial charge in [0.2, 0.25) is 0 Å². The van der Waals surface area contributed by atoms with Crippen LogP contribution in [0.5, 0.6) is 0 Å². The minimum Gasteiger partial charge on any atom is -0.262 e. The van der Waals surface area contributed by atoms with Crippen molar-refractivity contribution in [2.75, 3.05) is 0 Å². The van der Waals surface area contributed by atoms with Crippen LogP contribution in [0.1, 0.15) is 61.8 Å². The lowest BCUT2D eigenvalue weighted by Gasteiger charge is -2.04. The smallest absolute Gasteiger partial charge is 0.262 e. The Hall–Kier alpha value is -3.28. The number of nitrogens with zero attached hydrogens (tertiary/aromatic N) is 2. The minimum absolute atomic E-state index is 0.447. The first-order valence-electron chi connectivity index (χ1n) is 9.23. The SMILES string of the molecule is CC(C)c1ccc(C=NNC(=O)C(=O)N/N=C/c2ccc(C(C)C)cc2)cc1. The number of amides is 2. The summed E-state index contributed by atoms with van der Waals surface area (Å²) >= 11 is 0. The Morgan fingerprint density at radius 2 is 1.00 bits per heavy atom. The molecule has 0 unspecified atom stereocenters. The van der Waals surface area contributed by atoms with Crippen LogP contribution in [0.2, 0.25) is 0 Å². The highest BCUT2D eigenvalue weighted by molar-refractivity contribution is 6.35. The Morgan fingerprint density at radius 3 is 1.29 bits per heavy atom. The number of hydrogen-bond donors (Lipinski definition) is 2. The van der Waals surface area contributed by atoms with Crippen molar-refractivity contribution in [3.8, 4) is 0 Å². The van der Waals surface area contributed by atoms with E-state index in [9.17, 15) is 9.59 Å². The van der Waals surface area contributed by atoms with E-state index in [1.807, 2.05) is 48.5 Å². The van der Waals surface area contributed by atoms with Crippen molar-refractivity contribution >= 4 is 24.2 Å². The Kier molecular flexibility index (Phi) is 7.63. The summed E-state index contributed by atoms with van der Waals surface area (Å²) < 4.78 is 0. The second-order valence-electron chi connectivity index (χ2n) is 7.04. The van der Waals surface area contributed by atoms with Gasteiger partial charge in [0.1, 0.15) is 0 Å². The molecule has 0 atom stereocenters. The molecular weight excluding hydrogens is 352 g/mol. The van der Waals surface area contributed by atoms with Gasteiger partial charge in [0.25, 0.3) is 0 Å². The zero-order valence-electron chi connectivity index (χ0n) is 16.6. The monoisotopic (exact) mass is 378 g/mol. The van der Waals surface area contributed by atoms with Crippen LogP contribution in [-0.4, -0.2) is 24.2 Å². The Balaban J connectivity index is 1.81. The summed E-state index contributed by atoms with van der Waals surface area (Å²) in [5.41, 5.74) is 8.46. The molecule has 6 heteroatoms. The normalized spacial score (nSPS) is 11.5. The molecule has 2 N–H and O–H groups in total. The van der Waals surface area contributed by atoms with Crippen molar-refractivity contribution in [1.82, 2.24) is 10.9 Å². The Bertz CT molecular complexity index is 778. The summed E-state index contributed by atoms with van der Waals surface area (Å²) in [5.74, 6) is -0.879. The molecule has 146 valence electrons. The van der Waals surface area contributed by atoms with Gasteiger partial charge in [-0.05, 0) is 34.1 Å². The topological polar surface area (TPSA) is 82.9 Å². The van der Waals surface area contributed by atoms with Crippen LogP contribution in [0.25, 0.3) is 0 Å². The lowest BCUT2D eigenvalue weighted by molar-refractivity contribution is -0.139. The van der Waals surface area contributed by atoms with Gasteiger partial charge in [-0.2, -0.15) is 10.2 Å². The molecule has 0 bridgehead atoms. The Labute approximate surface area is 165 Å². The average Bonchev–Trinajstić information content (AvgIpc) is 2.68. The minimum atomic E-state index is -0.887. The van der Waals surface area contributed by atoms with Crippen molar-refractivity contribution in [3.63, 3.8) is 0 Å². The number of carbonyl (C=O) groups is 2. The third-order valence-corrected chi connectivity index (χ3v) is 4.17. The molecule has 0 aromatic heterocycles. The number of carbonyl (C=O) groups excluding carboxylic acids is 2. The fourth-order valence-electron chi connectivity index (χ4n) is 2.37. The van der Waals surface area contributed by atoms with Crippen LogP contribution >= 0.6 is 0 Å². The number of rotatable bonds is 6. The van der Waals surface area contributed by atoms with Crippen molar-refractivity contribution in [2.45, 2.75) is 39.5 Å². The number of hydrogen-bond acceptors (Lipinski definition) is 4. The third-order valence-electron chi connectivity index (χ3n) is 4.17. The van der Waals surface area contributed by atoms with E-state index in [-0.39, 0.29) is 0 Å². The van der Waals surface area contributed by atoms with E-state index in [1.54, 1.807) is 0 Å². The molecule has 0 aliphatic rings. The molecule has 0 spiro atoms. The predicted octanol–water partition coefficient (Wildman–Crippen LogP) is 3.53. The van der Waals surface area contributed by atoms with Crippen molar-refractivity contribution in [2.24, 2.45) is 10.2 Å². The summed E-state index contributed by atoms with van der Waals surface area (Å²) in [7, 11) is 0. The van der Waals surface area contributed by atoms with E-state index in [4.69, 9.17) is 0 Å². The third kappa shape index (κ3) is 6.46. The first kappa shape index (κ1) is 21.0. The lowest BCUT2D eigenvalue weighted by Crippen LogP contribution is -2.35. The zero-order chi connectivity index (χ0) is 20.5. The van der Waals surface area contributed by atoms with E-state index in [1.165, 1.54) is 23.6 Å². The van der Waals surface area contributed by atoms with Gasteiger partial charge in [-0.15, -0.1) is 0 Å². The highest BCUT2D eigenvalue weighted by Crippen LogP contribution is 2.14. The summed E-state index contributed by atoms with van der Waals surface area (Å²) in [6, 6.07) is 15.6. The van der Waals surface area contributed by atoms with Gasteiger partial charge in [0, 0.05) is 0 Å². The summed E-state index contributed by atoms with van der Waals surface area (Å²) in [4.78, 5) is 23.5. The molecule has 2 amide bonds. The molecule has 2 aromatic carbocycles. The van der Waals surface area contributed by atoms with Crippen molar-refractivity contribution in [3.05, 3.63) is 70.8 Å². The molecular formula is C22H26N4O2. The number of benzene rings is 2. The first-order chi connectivity index (χ1) is 13.4. The molecule has 2 aromatic rings. The summed E-state index contributed by atoms with van der Waals surface area (Å²) in [5, 5.41) is 7.58. The molecule has 0 aliphatic heterocycles. The first-order valence-corrected chi connectivity index (χ1v) is 9.23. The average molecular weight is 378 g/mol. The molecule has 28 heavy (non-hydrogen) atoms. The molecule has 0 radical (unpaired) electrons. The van der Waals surface area contributed by atoms with Gasteiger partial charge in [-0.3, -0.25) is 9.59 Å². The number of hydrazone groups is 2. The lowest BCUT2D eigenvalue weighted by atomic mass is 10.0. The number of nitrogens with one attached hydrogen (secondary N) is 2. The quantitative estimate of drug-likeness (QED) is 0.458. The van der Waals surface area contributed by atoms with Crippen LogP contribution in [0.15, 0.2) is 58.7 Å². The van der Waals surface area contributed by atoms with Crippen LogP contribution in [0.3, 0.4) is 0 Å². The van der Waals surface area contributed by atoms with Gasteiger partial charge < -0.3 is 0 Å². The van der Waals surface area contributed by atoms with Crippen LogP contribution < -0.4 is 10.9 Å². The zero-order valence-corrected chi connectivity index (χ0v) is 16.6. The van der Waals surface area contributed by atoms with Gasteiger partial charge in [-0.25, -0.2) is 10.9 Å². The van der Waals surface area contributed by atoms with Gasteiger partial charge in [-0.1, -0.05) is 76.2 Å². The molecule has 0 saturated carbocycles. The standard InChI is InChI=1S/C22H26N4O2/c1-15(2)19-9-5-17(6-10-19)13-23-25-21(27)22(28)26-24-14-18-7-11-20(12-8-18)16(3)4/h5-16H,1-4H3,(H,25,27)(H,26,28)/b23-13+,24-14?. The highest BCUT2D eigenvalue weighted by atomic mass is 16.2. The molecule has 6 nitrogen and oxygen atoms in total.